The maximum Gasteiger partial charge on any atom is 0.270 e. The van der Waals surface area contributed by atoms with Crippen molar-refractivity contribution in [2.75, 3.05) is 10.0 Å². The van der Waals surface area contributed by atoms with Crippen LogP contribution in [-0.4, -0.2) is 19.2 Å². The zero-order chi connectivity index (χ0) is 23.3. The lowest BCUT2D eigenvalue weighted by Crippen LogP contribution is -2.13. The molecule has 164 valence electrons. The van der Waals surface area contributed by atoms with E-state index in [4.69, 9.17) is 23.2 Å². The van der Waals surface area contributed by atoms with Crippen molar-refractivity contribution in [2.24, 2.45) is 0 Å². The van der Waals surface area contributed by atoms with Crippen LogP contribution in [0.3, 0.4) is 0 Å². The second kappa shape index (κ2) is 9.82. The first-order chi connectivity index (χ1) is 15.1. The van der Waals surface area contributed by atoms with Gasteiger partial charge >= 0.3 is 0 Å². The molecule has 3 aromatic carbocycles. The Hall–Kier alpha value is -3.40. The zero-order valence-electron chi connectivity index (χ0n) is 16.2. The van der Waals surface area contributed by atoms with Gasteiger partial charge in [-0.3, -0.25) is 19.6 Å². The van der Waals surface area contributed by atoms with Crippen molar-refractivity contribution in [2.45, 2.75) is 4.90 Å². The Morgan fingerprint density at radius 2 is 1.59 bits per heavy atom. The zero-order valence-corrected chi connectivity index (χ0v) is 18.5. The highest BCUT2D eigenvalue weighted by molar-refractivity contribution is 7.92. The molecular formula is C21H15Cl2N3O5S. The summed E-state index contributed by atoms with van der Waals surface area (Å²) < 4.78 is 27.5. The van der Waals surface area contributed by atoms with Gasteiger partial charge in [-0.25, -0.2) is 8.42 Å². The van der Waals surface area contributed by atoms with Crippen molar-refractivity contribution >= 4 is 62.3 Å². The van der Waals surface area contributed by atoms with Crippen LogP contribution in [0, 0.1) is 10.1 Å². The van der Waals surface area contributed by atoms with Gasteiger partial charge in [0, 0.05) is 33.9 Å². The largest absolute Gasteiger partial charge is 0.323 e. The van der Waals surface area contributed by atoms with Gasteiger partial charge in [-0.2, -0.15) is 0 Å². The highest BCUT2D eigenvalue weighted by atomic mass is 35.5. The van der Waals surface area contributed by atoms with E-state index in [1.54, 1.807) is 6.07 Å². The number of carbonyl (C=O) groups is 1. The Morgan fingerprint density at radius 1 is 0.938 bits per heavy atom. The molecule has 8 nitrogen and oxygen atoms in total. The maximum absolute atomic E-state index is 12.5. The summed E-state index contributed by atoms with van der Waals surface area (Å²) in [6, 6.07) is 15.7. The van der Waals surface area contributed by atoms with E-state index in [2.05, 4.69) is 10.0 Å². The normalized spacial score (nSPS) is 11.3. The number of rotatable bonds is 7. The lowest BCUT2D eigenvalue weighted by atomic mass is 10.2. The van der Waals surface area contributed by atoms with Crippen molar-refractivity contribution in [3.63, 3.8) is 0 Å². The van der Waals surface area contributed by atoms with E-state index in [0.29, 0.717) is 11.3 Å². The molecule has 0 aliphatic rings. The van der Waals surface area contributed by atoms with Gasteiger partial charge in [0.1, 0.15) is 0 Å². The molecule has 0 aromatic heterocycles. The summed E-state index contributed by atoms with van der Waals surface area (Å²) in [5.74, 6) is -0.487. The number of benzene rings is 3. The lowest BCUT2D eigenvalue weighted by molar-refractivity contribution is -0.384. The van der Waals surface area contributed by atoms with Gasteiger partial charge in [-0.05, 0) is 54.1 Å². The molecule has 0 spiro atoms. The fourth-order valence-electron chi connectivity index (χ4n) is 2.64. The quantitative estimate of drug-likeness (QED) is 0.262. The maximum atomic E-state index is 12.5. The van der Waals surface area contributed by atoms with Gasteiger partial charge in [0.25, 0.3) is 15.7 Å². The average Bonchev–Trinajstić information content (AvgIpc) is 2.72. The minimum atomic E-state index is -3.90. The summed E-state index contributed by atoms with van der Waals surface area (Å²) in [5, 5.41) is 14.0. The van der Waals surface area contributed by atoms with E-state index in [0.717, 1.165) is 0 Å². The second-order valence-corrected chi connectivity index (χ2v) is 9.02. The van der Waals surface area contributed by atoms with Gasteiger partial charge in [0.05, 0.1) is 15.5 Å². The summed E-state index contributed by atoms with van der Waals surface area (Å²) in [6.45, 7) is 0. The van der Waals surface area contributed by atoms with Crippen LogP contribution in [0.4, 0.5) is 17.1 Å². The summed E-state index contributed by atoms with van der Waals surface area (Å²) in [4.78, 5) is 22.4. The van der Waals surface area contributed by atoms with Crippen molar-refractivity contribution in [3.8, 4) is 0 Å². The SMILES string of the molecule is O=C(/C=C/c1cccc([N+](=O)[O-])c1)Nc1ccc(S(=O)(=O)Nc2cc(Cl)cc(Cl)c2)cc1. The molecular weight excluding hydrogens is 477 g/mol. The van der Waals surface area contributed by atoms with Gasteiger partial charge in [0.2, 0.25) is 5.91 Å². The summed E-state index contributed by atoms with van der Waals surface area (Å²) in [6.07, 6.45) is 2.65. The lowest BCUT2D eigenvalue weighted by Gasteiger charge is -2.10. The Labute approximate surface area is 193 Å². The molecule has 0 saturated carbocycles. The number of halogens is 2. The highest BCUT2D eigenvalue weighted by Crippen LogP contribution is 2.25. The smallest absolute Gasteiger partial charge is 0.270 e. The average molecular weight is 492 g/mol. The molecule has 0 bridgehead atoms. The standard InChI is InChI=1S/C21H15Cl2N3O5S/c22-15-11-16(23)13-18(12-15)25-32(30,31)20-7-5-17(6-8-20)24-21(27)9-4-14-2-1-3-19(10-14)26(28)29/h1-13,25H,(H,24,27)/b9-4+. The molecule has 32 heavy (non-hydrogen) atoms. The minimum Gasteiger partial charge on any atom is -0.323 e. The van der Waals surface area contributed by atoms with E-state index in [9.17, 15) is 23.3 Å². The van der Waals surface area contributed by atoms with Crippen molar-refractivity contribution in [1.82, 2.24) is 0 Å². The first-order valence-corrected chi connectivity index (χ1v) is 11.2. The summed E-state index contributed by atoms with van der Waals surface area (Å²) in [7, 11) is -3.90. The second-order valence-electron chi connectivity index (χ2n) is 6.46. The number of nitrogens with one attached hydrogen (secondary N) is 2. The number of non-ortho nitro benzene ring substituents is 1. The van der Waals surface area contributed by atoms with Crippen molar-refractivity contribution in [1.29, 1.82) is 0 Å². The van der Waals surface area contributed by atoms with Gasteiger partial charge < -0.3 is 5.32 Å². The van der Waals surface area contributed by atoms with Crippen molar-refractivity contribution in [3.05, 3.63) is 98.5 Å². The van der Waals surface area contributed by atoms with Crippen LogP contribution >= 0.6 is 23.2 Å². The van der Waals surface area contributed by atoms with E-state index in [1.165, 1.54) is 72.8 Å². The number of nitro groups is 1. The first-order valence-electron chi connectivity index (χ1n) is 8.95. The number of nitrogens with zero attached hydrogens (tertiary/aromatic N) is 1. The van der Waals surface area contributed by atoms with Crippen LogP contribution in [-0.2, 0) is 14.8 Å². The molecule has 2 N–H and O–H groups in total. The van der Waals surface area contributed by atoms with Gasteiger partial charge in [0.15, 0.2) is 0 Å². The molecule has 1 amide bonds. The van der Waals surface area contributed by atoms with E-state index >= 15 is 0 Å². The van der Waals surface area contributed by atoms with E-state index < -0.39 is 20.9 Å². The molecule has 0 radical (unpaired) electrons. The van der Waals surface area contributed by atoms with E-state index in [1.807, 2.05) is 0 Å². The fraction of sp³-hybridized carbons (Fsp3) is 0. The monoisotopic (exact) mass is 491 g/mol. The molecule has 0 heterocycles. The number of amides is 1. The molecule has 0 aliphatic heterocycles. The molecule has 0 unspecified atom stereocenters. The molecule has 11 heteroatoms. The molecule has 3 aromatic rings. The molecule has 0 fully saturated rings. The number of anilines is 2. The Balaban J connectivity index is 1.66. The minimum absolute atomic E-state index is 0.0289. The van der Waals surface area contributed by atoms with Crippen molar-refractivity contribution < 1.29 is 18.1 Å². The fourth-order valence-corrected chi connectivity index (χ4v) is 4.21. The number of hydrogen-bond acceptors (Lipinski definition) is 5. The third kappa shape index (κ3) is 6.30. The molecule has 0 saturated heterocycles. The van der Waals surface area contributed by atoms with Crippen LogP contribution in [0.5, 0.6) is 0 Å². The van der Waals surface area contributed by atoms with Crippen LogP contribution in [0.25, 0.3) is 6.08 Å². The highest BCUT2D eigenvalue weighted by Gasteiger charge is 2.15. The predicted octanol–water partition coefficient (Wildman–Crippen LogP) is 5.35. The van der Waals surface area contributed by atoms with Crippen LogP contribution in [0.15, 0.2) is 77.7 Å². The molecule has 0 aliphatic carbocycles. The van der Waals surface area contributed by atoms with Crippen LogP contribution < -0.4 is 10.0 Å². The number of sulfonamides is 1. The van der Waals surface area contributed by atoms with Crippen LogP contribution in [0.1, 0.15) is 5.56 Å². The van der Waals surface area contributed by atoms with E-state index in [-0.39, 0.29) is 26.3 Å². The predicted molar refractivity (Wildman–Crippen MR) is 124 cm³/mol. The Bertz CT molecular complexity index is 1290. The summed E-state index contributed by atoms with van der Waals surface area (Å²) in [5.41, 5.74) is 0.982. The number of hydrogen-bond donors (Lipinski definition) is 2. The first kappa shape index (κ1) is 23.3. The third-order valence-electron chi connectivity index (χ3n) is 4.06. The third-order valence-corrected chi connectivity index (χ3v) is 5.89. The molecule has 0 atom stereocenters. The summed E-state index contributed by atoms with van der Waals surface area (Å²) >= 11 is 11.8. The van der Waals surface area contributed by atoms with Gasteiger partial charge in [-0.15, -0.1) is 0 Å². The number of nitro benzene ring substituents is 1. The number of carbonyl (C=O) groups excluding carboxylic acids is 1. The van der Waals surface area contributed by atoms with Crippen LogP contribution in [0.2, 0.25) is 10.0 Å². The Kier molecular flexibility index (Phi) is 7.14. The topological polar surface area (TPSA) is 118 Å². The molecule has 3 rings (SSSR count). The Morgan fingerprint density at radius 3 is 2.22 bits per heavy atom. The van der Waals surface area contributed by atoms with Gasteiger partial charge in [-0.1, -0.05) is 35.3 Å².